The average Bonchev–Trinajstić information content (AvgIpc) is 2.63. The highest BCUT2D eigenvalue weighted by Gasteiger charge is 2.18. The van der Waals surface area contributed by atoms with Crippen LogP contribution in [-0.4, -0.2) is 37.0 Å². The van der Waals surface area contributed by atoms with Crippen LogP contribution >= 0.6 is 11.8 Å². The highest BCUT2D eigenvalue weighted by atomic mass is 32.2. The fourth-order valence-electron chi connectivity index (χ4n) is 3.03. The van der Waals surface area contributed by atoms with Crippen molar-refractivity contribution in [3.8, 4) is 0 Å². The molecule has 132 valence electrons. The van der Waals surface area contributed by atoms with Crippen molar-refractivity contribution in [2.75, 3.05) is 35.3 Å². The lowest BCUT2D eigenvalue weighted by Crippen LogP contribution is -2.40. The summed E-state index contributed by atoms with van der Waals surface area (Å²) in [5.41, 5.74) is 3.15. The van der Waals surface area contributed by atoms with E-state index in [1.54, 1.807) is 0 Å². The van der Waals surface area contributed by atoms with E-state index in [4.69, 9.17) is 0 Å². The number of carbonyl (C=O) groups excluding carboxylic acids is 1. The Morgan fingerprint density at radius 2 is 1.96 bits per heavy atom. The lowest BCUT2D eigenvalue weighted by Gasteiger charge is -2.25. The Hall–Kier alpha value is -1.98. The van der Waals surface area contributed by atoms with E-state index in [0.29, 0.717) is 6.42 Å². The van der Waals surface area contributed by atoms with Crippen molar-refractivity contribution < 1.29 is 4.79 Å². The zero-order valence-corrected chi connectivity index (χ0v) is 15.4. The highest BCUT2D eigenvalue weighted by molar-refractivity contribution is 7.99. The van der Waals surface area contributed by atoms with Crippen molar-refractivity contribution in [2.45, 2.75) is 19.0 Å². The van der Waals surface area contributed by atoms with Crippen molar-refractivity contribution in [3.05, 3.63) is 60.2 Å². The first-order chi connectivity index (χ1) is 12.2. The maximum atomic E-state index is 12.4. The molecule has 0 saturated carbocycles. The molecule has 2 aromatic rings. The fraction of sp³-hybridized carbons (Fsp3) is 0.350. The van der Waals surface area contributed by atoms with E-state index >= 15 is 0 Å². The van der Waals surface area contributed by atoms with E-state index in [1.807, 2.05) is 54.2 Å². The molecule has 1 aliphatic rings. The predicted molar refractivity (Wildman–Crippen MR) is 107 cm³/mol. The van der Waals surface area contributed by atoms with Gasteiger partial charge in [0.1, 0.15) is 0 Å². The summed E-state index contributed by atoms with van der Waals surface area (Å²) in [4.78, 5) is 14.6. The Balaban J connectivity index is 1.64. The molecule has 1 aliphatic heterocycles. The fourth-order valence-corrected chi connectivity index (χ4v) is 3.98. The lowest BCUT2D eigenvalue weighted by molar-refractivity contribution is -0.116. The minimum Gasteiger partial charge on any atom is -0.369 e. The largest absolute Gasteiger partial charge is 0.369 e. The van der Waals surface area contributed by atoms with E-state index < -0.39 is 0 Å². The van der Waals surface area contributed by atoms with Gasteiger partial charge in [-0.3, -0.25) is 4.79 Å². The normalized spacial score (nSPS) is 17.1. The summed E-state index contributed by atoms with van der Waals surface area (Å²) in [5.74, 6) is 2.20. The second-order valence-corrected chi connectivity index (χ2v) is 7.49. The summed E-state index contributed by atoms with van der Waals surface area (Å²) in [6.07, 6.45) is 0.518. The first-order valence-corrected chi connectivity index (χ1v) is 9.83. The van der Waals surface area contributed by atoms with Crippen LogP contribution in [0.25, 0.3) is 0 Å². The van der Waals surface area contributed by atoms with E-state index in [1.165, 1.54) is 5.56 Å². The molecule has 2 aromatic carbocycles. The number of rotatable bonds is 6. The SMILES string of the molecule is CN(Cc1ccccc1)c1ccccc1NC(=O)CC1CSCCN1. The smallest absolute Gasteiger partial charge is 0.226 e. The van der Waals surface area contributed by atoms with Crippen LogP contribution in [-0.2, 0) is 11.3 Å². The molecule has 2 N–H and O–H groups in total. The number of amides is 1. The lowest BCUT2D eigenvalue weighted by atomic mass is 10.1. The molecule has 5 heteroatoms. The summed E-state index contributed by atoms with van der Waals surface area (Å²) >= 11 is 1.91. The van der Waals surface area contributed by atoms with E-state index in [0.717, 1.165) is 36.0 Å². The van der Waals surface area contributed by atoms with Gasteiger partial charge < -0.3 is 15.5 Å². The molecule has 1 amide bonds. The topological polar surface area (TPSA) is 44.4 Å². The maximum absolute atomic E-state index is 12.4. The third-order valence-corrected chi connectivity index (χ3v) is 5.41. The second-order valence-electron chi connectivity index (χ2n) is 6.34. The molecule has 0 spiro atoms. The first-order valence-electron chi connectivity index (χ1n) is 8.67. The standard InChI is InChI=1S/C20H25N3OS/c1-23(14-16-7-3-2-4-8-16)19-10-6-5-9-18(19)22-20(24)13-17-15-25-12-11-21-17/h2-10,17,21H,11-15H2,1H3,(H,22,24). The zero-order chi connectivity index (χ0) is 17.5. The molecule has 0 aliphatic carbocycles. The van der Waals surface area contributed by atoms with Gasteiger partial charge in [0.15, 0.2) is 0 Å². The van der Waals surface area contributed by atoms with Crippen LogP contribution in [0.5, 0.6) is 0 Å². The number of para-hydroxylation sites is 2. The van der Waals surface area contributed by atoms with Crippen LogP contribution in [0.3, 0.4) is 0 Å². The maximum Gasteiger partial charge on any atom is 0.226 e. The van der Waals surface area contributed by atoms with Crippen LogP contribution in [0.1, 0.15) is 12.0 Å². The molecule has 1 unspecified atom stereocenters. The zero-order valence-electron chi connectivity index (χ0n) is 14.6. The minimum absolute atomic E-state index is 0.0700. The van der Waals surface area contributed by atoms with Gasteiger partial charge in [-0.15, -0.1) is 0 Å². The van der Waals surface area contributed by atoms with Gasteiger partial charge in [0, 0.05) is 44.1 Å². The quantitative estimate of drug-likeness (QED) is 0.834. The van der Waals surface area contributed by atoms with Crippen LogP contribution in [0.15, 0.2) is 54.6 Å². The van der Waals surface area contributed by atoms with Crippen LogP contribution < -0.4 is 15.5 Å². The predicted octanol–water partition coefficient (Wildman–Crippen LogP) is 3.36. The number of nitrogens with zero attached hydrogens (tertiary/aromatic N) is 1. The Morgan fingerprint density at radius 1 is 1.20 bits per heavy atom. The molecular weight excluding hydrogens is 330 g/mol. The van der Waals surface area contributed by atoms with Crippen molar-refractivity contribution in [2.24, 2.45) is 0 Å². The molecular formula is C20H25N3OS. The van der Waals surface area contributed by atoms with Crippen LogP contribution in [0.2, 0.25) is 0 Å². The minimum atomic E-state index is 0.0700. The van der Waals surface area contributed by atoms with E-state index in [9.17, 15) is 4.79 Å². The van der Waals surface area contributed by atoms with Crippen molar-refractivity contribution in [1.82, 2.24) is 5.32 Å². The number of carbonyl (C=O) groups is 1. The molecule has 1 saturated heterocycles. The summed E-state index contributed by atoms with van der Waals surface area (Å²) in [5, 5.41) is 6.51. The molecule has 0 bridgehead atoms. The van der Waals surface area contributed by atoms with Gasteiger partial charge in [-0.25, -0.2) is 0 Å². The Kier molecular flexibility index (Phi) is 6.36. The average molecular weight is 356 g/mol. The van der Waals surface area contributed by atoms with Crippen molar-refractivity contribution in [1.29, 1.82) is 0 Å². The van der Waals surface area contributed by atoms with Gasteiger partial charge >= 0.3 is 0 Å². The third-order valence-electron chi connectivity index (χ3n) is 4.28. The summed E-state index contributed by atoms with van der Waals surface area (Å²) in [6, 6.07) is 18.6. The van der Waals surface area contributed by atoms with Gasteiger partial charge in [0.25, 0.3) is 0 Å². The van der Waals surface area contributed by atoms with Gasteiger partial charge in [-0.2, -0.15) is 11.8 Å². The number of benzene rings is 2. The van der Waals surface area contributed by atoms with Gasteiger partial charge in [-0.05, 0) is 17.7 Å². The molecule has 25 heavy (non-hydrogen) atoms. The van der Waals surface area contributed by atoms with Gasteiger partial charge in [0.2, 0.25) is 5.91 Å². The number of anilines is 2. The summed E-state index contributed by atoms with van der Waals surface area (Å²) < 4.78 is 0. The third kappa shape index (κ3) is 5.25. The number of hydrogen-bond donors (Lipinski definition) is 2. The molecule has 1 atom stereocenters. The monoisotopic (exact) mass is 355 g/mol. The van der Waals surface area contributed by atoms with Gasteiger partial charge in [0.05, 0.1) is 11.4 Å². The molecule has 0 aromatic heterocycles. The molecule has 0 radical (unpaired) electrons. The Bertz CT molecular complexity index is 686. The number of nitrogens with one attached hydrogen (secondary N) is 2. The second kappa shape index (κ2) is 8.92. The van der Waals surface area contributed by atoms with Crippen molar-refractivity contribution in [3.63, 3.8) is 0 Å². The van der Waals surface area contributed by atoms with Crippen LogP contribution in [0.4, 0.5) is 11.4 Å². The first kappa shape index (κ1) is 17.8. The molecule has 3 rings (SSSR count). The van der Waals surface area contributed by atoms with E-state index in [2.05, 4.69) is 34.7 Å². The Morgan fingerprint density at radius 3 is 2.72 bits per heavy atom. The van der Waals surface area contributed by atoms with Gasteiger partial charge in [-0.1, -0.05) is 42.5 Å². The van der Waals surface area contributed by atoms with E-state index in [-0.39, 0.29) is 11.9 Å². The highest BCUT2D eigenvalue weighted by Crippen LogP contribution is 2.26. The number of hydrogen-bond acceptors (Lipinski definition) is 4. The summed E-state index contributed by atoms with van der Waals surface area (Å²) in [7, 11) is 2.05. The molecule has 4 nitrogen and oxygen atoms in total. The summed E-state index contributed by atoms with van der Waals surface area (Å²) in [6.45, 7) is 1.79. The molecule has 1 heterocycles. The number of thioether (sulfide) groups is 1. The van der Waals surface area contributed by atoms with Crippen LogP contribution in [0, 0.1) is 0 Å². The molecule has 1 fully saturated rings. The van der Waals surface area contributed by atoms with Crippen molar-refractivity contribution >= 4 is 29.0 Å². The Labute approximate surface area is 154 Å².